The van der Waals surface area contributed by atoms with Gasteiger partial charge in [0.15, 0.2) is 0 Å². The molecular formula is C9H8N4OS. The van der Waals surface area contributed by atoms with E-state index in [-0.39, 0.29) is 5.78 Å². The van der Waals surface area contributed by atoms with Crippen LogP contribution in [0.2, 0.25) is 0 Å². The predicted octanol–water partition coefficient (Wildman–Crippen LogP) is 1.12. The van der Waals surface area contributed by atoms with Crippen LogP contribution in [-0.4, -0.2) is 25.3 Å². The van der Waals surface area contributed by atoms with E-state index in [9.17, 15) is 4.79 Å². The van der Waals surface area contributed by atoms with Crippen LogP contribution in [-0.2, 0) is 6.42 Å². The van der Waals surface area contributed by atoms with Gasteiger partial charge in [0.1, 0.15) is 11.2 Å². The van der Waals surface area contributed by atoms with Gasteiger partial charge in [-0.25, -0.2) is 9.97 Å². The zero-order valence-electron chi connectivity index (χ0n) is 8.04. The molecule has 15 heavy (non-hydrogen) atoms. The summed E-state index contributed by atoms with van der Waals surface area (Å²) >= 11 is 1.11. The maximum atomic E-state index is 11.9. The van der Waals surface area contributed by atoms with Crippen molar-refractivity contribution in [3.63, 3.8) is 0 Å². The standard InChI is InChI=1S/C9H8N4OS/c1-2-7-9(15-13-12-7)8(14)6-3-10-5-11-4-6/h3-5H,2H2,1H3. The summed E-state index contributed by atoms with van der Waals surface area (Å²) in [7, 11) is 0. The number of carbonyl (C=O) groups excluding carboxylic acids is 1. The van der Waals surface area contributed by atoms with Gasteiger partial charge in [0.05, 0.1) is 11.3 Å². The Morgan fingerprint density at radius 2 is 2.13 bits per heavy atom. The number of aryl methyl sites for hydroxylation is 1. The summed E-state index contributed by atoms with van der Waals surface area (Å²) in [4.78, 5) is 20.1. The van der Waals surface area contributed by atoms with Crippen molar-refractivity contribution in [2.45, 2.75) is 13.3 Å². The molecule has 0 aliphatic carbocycles. The smallest absolute Gasteiger partial charge is 0.209 e. The van der Waals surface area contributed by atoms with Gasteiger partial charge in [-0.3, -0.25) is 4.79 Å². The normalized spacial score (nSPS) is 10.2. The van der Waals surface area contributed by atoms with Gasteiger partial charge in [0.25, 0.3) is 0 Å². The lowest BCUT2D eigenvalue weighted by Crippen LogP contribution is -2.03. The van der Waals surface area contributed by atoms with Crippen molar-refractivity contribution in [2.24, 2.45) is 0 Å². The molecule has 0 spiro atoms. The highest BCUT2D eigenvalue weighted by atomic mass is 32.1. The minimum Gasteiger partial charge on any atom is -0.287 e. The molecule has 0 N–H and O–H groups in total. The van der Waals surface area contributed by atoms with Gasteiger partial charge < -0.3 is 0 Å². The summed E-state index contributed by atoms with van der Waals surface area (Å²) < 4.78 is 3.77. The second-order valence-corrected chi connectivity index (χ2v) is 3.61. The summed E-state index contributed by atoms with van der Waals surface area (Å²) in [5.41, 5.74) is 1.20. The van der Waals surface area contributed by atoms with E-state index in [0.29, 0.717) is 16.9 Å². The topological polar surface area (TPSA) is 68.6 Å². The van der Waals surface area contributed by atoms with E-state index >= 15 is 0 Å². The first-order valence-electron chi connectivity index (χ1n) is 4.44. The molecule has 2 heterocycles. The summed E-state index contributed by atoms with van der Waals surface area (Å²) in [6.07, 6.45) is 5.08. The third-order valence-electron chi connectivity index (χ3n) is 1.92. The van der Waals surface area contributed by atoms with Gasteiger partial charge in [-0.05, 0) is 18.0 Å². The zero-order chi connectivity index (χ0) is 10.7. The van der Waals surface area contributed by atoms with E-state index < -0.39 is 0 Å². The van der Waals surface area contributed by atoms with Gasteiger partial charge in [0.2, 0.25) is 5.78 Å². The molecule has 2 rings (SSSR count). The van der Waals surface area contributed by atoms with Crippen LogP contribution < -0.4 is 0 Å². The van der Waals surface area contributed by atoms with Crippen LogP contribution in [0.5, 0.6) is 0 Å². The van der Waals surface area contributed by atoms with Crippen LogP contribution in [0, 0.1) is 0 Å². The minimum absolute atomic E-state index is 0.109. The van der Waals surface area contributed by atoms with Crippen molar-refractivity contribution in [1.82, 2.24) is 19.6 Å². The molecule has 0 saturated heterocycles. The lowest BCUT2D eigenvalue weighted by atomic mass is 10.1. The van der Waals surface area contributed by atoms with Gasteiger partial charge >= 0.3 is 0 Å². The highest BCUT2D eigenvalue weighted by Crippen LogP contribution is 2.15. The third-order valence-corrected chi connectivity index (χ3v) is 2.69. The molecule has 6 heteroatoms. The molecule has 0 radical (unpaired) electrons. The monoisotopic (exact) mass is 220 g/mol. The summed E-state index contributed by atoms with van der Waals surface area (Å²) in [6, 6.07) is 0. The minimum atomic E-state index is -0.109. The SMILES string of the molecule is CCc1nnsc1C(=O)c1cncnc1. The second-order valence-electron chi connectivity index (χ2n) is 2.86. The molecule has 0 saturated carbocycles. The van der Waals surface area contributed by atoms with Gasteiger partial charge in [-0.1, -0.05) is 11.4 Å². The lowest BCUT2D eigenvalue weighted by Gasteiger charge is -1.96. The van der Waals surface area contributed by atoms with Crippen LogP contribution in [0.1, 0.15) is 27.9 Å². The van der Waals surface area contributed by atoms with Gasteiger partial charge in [0, 0.05) is 12.4 Å². The predicted molar refractivity (Wildman–Crippen MR) is 54.8 cm³/mol. The molecule has 76 valence electrons. The van der Waals surface area contributed by atoms with Crippen molar-refractivity contribution < 1.29 is 4.79 Å². The average Bonchev–Trinajstić information content (AvgIpc) is 2.77. The average molecular weight is 220 g/mol. The molecule has 0 aliphatic rings. The van der Waals surface area contributed by atoms with Crippen molar-refractivity contribution in [2.75, 3.05) is 0 Å². The third kappa shape index (κ3) is 1.89. The Bertz CT molecular complexity index is 468. The Balaban J connectivity index is 2.37. The van der Waals surface area contributed by atoms with E-state index in [1.165, 1.54) is 18.7 Å². The van der Waals surface area contributed by atoms with E-state index in [0.717, 1.165) is 17.2 Å². The number of nitrogens with zero attached hydrogens (tertiary/aromatic N) is 4. The molecule has 0 fully saturated rings. The highest BCUT2D eigenvalue weighted by Gasteiger charge is 2.16. The second kappa shape index (κ2) is 4.22. The fourth-order valence-electron chi connectivity index (χ4n) is 1.16. The Kier molecular flexibility index (Phi) is 2.77. The van der Waals surface area contributed by atoms with Crippen LogP contribution >= 0.6 is 11.5 Å². The summed E-state index contributed by atoms with van der Waals surface area (Å²) in [5.74, 6) is -0.109. The van der Waals surface area contributed by atoms with Crippen molar-refractivity contribution in [3.05, 3.63) is 34.9 Å². The summed E-state index contributed by atoms with van der Waals surface area (Å²) in [6.45, 7) is 1.94. The first kappa shape index (κ1) is 9.85. The van der Waals surface area contributed by atoms with Crippen LogP contribution in [0.3, 0.4) is 0 Å². The molecule has 0 amide bonds. The molecule has 2 aromatic heterocycles. The fraction of sp³-hybridized carbons (Fsp3) is 0.222. The van der Waals surface area contributed by atoms with Gasteiger partial charge in [-0.2, -0.15) is 0 Å². The number of hydrogen-bond acceptors (Lipinski definition) is 6. The van der Waals surface area contributed by atoms with E-state index in [2.05, 4.69) is 19.6 Å². The van der Waals surface area contributed by atoms with Gasteiger partial charge in [-0.15, -0.1) is 5.10 Å². The van der Waals surface area contributed by atoms with E-state index in [1.54, 1.807) is 0 Å². The molecule has 5 nitrogen and oxygen atoms in total. The molecule has 0 unspecified atom stereocenters. The molecular weight excluding hydrogens is 212 g/mol. The lowest BCUT2D eigenvalue weighted by molar-refractivity contribution is 0.104. The number of ketones is 1. The van der Waals surface area contributed by atoms with Crippen LogP contribution in [0.15, 0.2) is 18.7 Å². The number of carbonyl (C=O) groups is 1. The largest absolute Gasteiger partial charge is 0.287 e. The number of hydrogen-bond donors (Lipinski definition) is 0. The quantitative estimate of drug-likeness (QED) is 0.725. The summed E-state index contributed by atoms with van der Waals surface area (Å²) in [5, 5.41) is 3.89. The zero-order valence-corrected chi connectivity index (χ0v) is 8.86. The molecule has 0 bridgehead atoms. The first-order valence-corrected chi connectivity index (χ1v) is 5.21. The first-order chi connectivity index (χ1) is 7.33. The van der Waals surface area contributed by atoms with Crippen LogP contribution in [0.25, 0.3) is 0 Å². The molecule has 2 aromatic rings. The number of aromatic nitrogens is 4. The van der Waals surface area contributed by atoms with E-state index in [1.807, 2.05) is 6.92 Å². The Morgan fingerprint density at radius 1 is 1.40 bits per heavy atom. The highest BCUT2D eigenvalue weighted by molar-refractivity contribution is 7.08. The molecule has 0 aliphatic heterocycles. The Morgan fingerprint density at radius 3 is 2.80 bits per heavy atom. The van der Waals surface area contributed by atoms with Crippen molar-refractivity contribution >= 4 is 17.3 Å². The van der Waals surface area contributed by atoms with E-state index in [4.69, 9.17) is 0 Å². The molecule has 0 aromatic carbocycles. The van der Waals surface area contributed by atoms with Crippen LogP contribution in [0.4, 0.5) is 0 Å². The Labute approximate surface area is 90.4 Å². The van der Waals surface area contributed by atoms with Crippen molar-refractivity contribution in [1.29, 1.82) is 0 Å². The Hall–Kier alpha value is -1.69. The van der Waals surface area contributed by atoms with Crippen molar-refractivity contribution in [3.8, 4) is 0 Å². The maximum Gasteiger partial charge on any atom is 0.209 e. The molecule has 0 atom stereocenters. The maximum absolute atomic E-state index is 11.9. The number of rotatable bonds is 3. The fourth-order valence-corrected chi connectivity index (χ4v) is 1.87.